The number of aromatic nitrogens is 2. The summed E-state index contributed by atoms with van der Waals surface area (Å²) in [5.74, 6) is 1.65. The van der Waals surface area contributed by atoms with Crippen molar-refractivity contribution in [2.24, 2.45) is 0 Å². The molecule has 0 unspecified atom stereocenters. The zero-order valence-corrected chi connectivity index (χ0v) is 19.5. The normalized spacial score (nSPS) is 17.8. The highest BCUT2D eigenvalue weighted by atomic mass is 32.1. The number of anilines is 1. The topological polar surface area (TPSA) is 42.3 Å². The second kappa shape index (κ2) is 9.08. The number of nitrogens with one attached hydrogen (secondary N) is 1. The van der Waals surface area contributed by atoms with Gasteiger partial charge in [-0.1, -0.05) is 24.3 Å². The maximum absolute atomic E-state index is 6.10. The number of rotatable bonds is 6. The third kappa shape index (κ3) is 4.10. The van der Waals surface area contributed by atoms with Crippen LogP contribution in [0.15, 0.2) is 91.3 Å². The molecule has 3 heterocycles. The van der Waals surface area contributed by atoms with Crippen LogP contribution in [0.4, 0.5) is 5.69 Å². The van der Waals surface area contributed by atoms with Gasteiger partial charge in [-0.25, -0.2) is 0 Å². The van der Waals surface area contributed by atoms with Crippen molar-refractivity contribution < 1.29 is 4.74 Å². The first-order valence-corrected chi connectivity index (χ1v) is 11.6. The Morgan fingerprint density at radius 3 is 2.48 bits per heavy atom. The predicted octanol–water partition coefficient (Wildman–Crippen LogP) is 6.18. The summed E-state index contributed by atoms with van der Waals surface area (Å²) >= 11 is 5.83. The van der Waals surface area contributed by atoms with Gasteiger partial charge in [-0.15, -0.1) is 0 Å². The maximum Gasteiger partial charge on any atom is 0.174 e. The summed E-state index contributed by atoms with van der Waals surface area (Å²) in [5, 5.41) is 4.21. The quantitative estimate of drug-likeness (QED) is 0.352. The van der Waals surface area contributed by atoms with E-state index in [4.69, 9.17) is 17.0 Å². The first-order valence-electron chi connectivity index (χ1n) is 11.1. The molecule has 0 radical (unpaired) electrons. The lowest BCUT2D eigenvalue weighted by Crippen LogP contribution is -2.30. The minimum Gasteiger partial charge on any atom is -0.457 e. The lowest BCUT2D eigenvalue weighted by Gasteiger charge is -2.29. The Balaban J connectivity index is 1.50. The van der Waals surface area contributed by atoms with Crippen LogP contribution in [0.5, 0.6) is 11.5 Å². The monoisotopic (exact) mass is 454 g/mol. The standard InChI is InChI=1S/C27H26N4OS/c1-3-30-18-8-11-23(30)26-25(22-10-6-7-17-28-22)29-27(33)31(26)20-13-15-21(16-14-20)32-24-12-5-4-9-19(24)2/h4-18,25-26H,3H2,1-2H3,(H,29,33)/t25-,26+/m1/s1. The summed E-state index contributed by atoms with van der Waals surface area (Å²) < 4.78 is 8.36. The maximum atomic E-state index is 6.10. The van der Waals surface area contributed by atoms with Gasteiger partial charge in [0.1, 0.15) is 17.5 Å². The predicted molar refractivity (Wildman–Crippen MR) is 136 cm³/mol. The number of benzene rings is 2. The van der Waals surface area contributed by atoms with E-state index in [2.05, 4.69) is 63.2 Å². The highest BCUT2D eigenvalue weighted by Gasteiger charge is 2.41. The Morgan fingerprint density at radius 2 is 1.76 bits per heavy atom. The molecule has 6 heteroatoms. The van der Waals surface area contributed by atoms with E-state index in [9.17, 15) is 0 Å². The molecule has 0 aliphatic carbocycles. The molecule has 0 saturated carbocycles. The zero-order chi connectivity index (χ0) is 22.8. The third-order valence-corrected chi connectivity index (χ3v) is 6.36. The molecule has 2 atom stereocenters. The molecule has 2 aromatic carbocycles. The number of hydrogen-bond donors (Lipinski definition) is 1. The van der Waals surface area contributed by atoms with Crippen molar-refractivity contribution in [3.8, 4) is 11.5 Å². The molecule has 1 fully saturated rings. The number of nitrogens with zero attached hydrogens (tertiary/aromatic N) is 3. The molecule has 1 saturated heterocycles. The summed E-state index contributed by atoms with van der Waals surface area (Å²) in [6, 6.07) is 26.3. The molecule has 1 N–H and O–H groups in total. The minimum atomic E-state index is -0.0539. The summed E-state index contributed by atoms with van der Waals surface area (Å²) in [5.41, 5.74) is 4.28. The Morgan fingerprint density at radius 1 is 0.970 bits per heavy atom. The van der Waals surface area contributed by atoms with Gasteiger partial charge >= 0.3 is 0 Å². The van der Waals surface area contributed by atoms with Gasteiger partial charge in [-0.3, -0.25) is 4.98 Å². The number of pyridine rings is 1. The molecule has 4 aromatic rings. The van der Waals surface area contributed by atoms with E-state index in [0.717, 1.165) is 35.0 Å². The summed E-state index contributed by atoms with van der Waals surface area (Å²) in [6.07, 6.45) is 3.94. The van der Waals surface area contributed by atoms with Crippen molar-refractivity contribution in [3.05, 3.63) is 108 Å². The van der Waals surface area contributed by atoms with Crippen molar-refractivity contribution in [1.29, 1.82) is 0 Å². The molecule has 166 valence electrons. The van der Waals surface area contributed by atoms with E-state index >= 15 is 0 Å². The first kappa shape index (κ1) is 21.2. The fourth-order valence-electron chi connectivity index (χ4n) is 4.39. The number of hydrogen-bond acceptors (Lipinski definition) is 3. The van der Waals surface area contributed by atoms with E-state index < -0.39 is 0 Å². The molecule has 0 amide bonds. The van der Waals surface area contributed by atoms with Crippen LogP contribution in [-0.2, 0) is 6.54 Å². The van der Waals surface area contributed by atoms with E-state index in [1.807, 2.05) is 61.7 Å². The van der Waals surface area contributed by atoms with Gasteiger partial charge in [-0.05, 0) is 86.2 Å². The third-order valence-electron chi connectivity index (χ3n) is 6.04. The van der Waals surface area contributed by atoms with Crippen LogP contribution >= 0.6 is 12.2 Å². The Kier molecular flexibility index (Phi) is 5.84. The molecule has 33 heavy (non-hydrogen) atoms. The number of para-hydroxylation sites is 1. The fraction of sp³-hybridized carbons (Fsp3) is 0.185. The van der Waals surface area contributed by atoms with Crippen LogP contribution in [0.2, 0.25) is 0 Å². The van der Waals surface area contributed by atoms with E-state index in [1.54, 1.807) is 0 Å². The Hall–Kier alpha value is -3.64. The van der Waals surface area contributed by atoms with Crippen LogP contribution in [0.1, 0.15) is 36.0 Å². The number of aryl methyl sites for hydroxylation is 2. The van der Waals surface area contributed by atoms with Crippen molar-refractivity contribution in [2.75, 3.05) is 4.90 Å². The van der Waals surface area contributed by atoms with Crippen LogP contribution in [0, 0.1) is 6.92 Å². The van der Waals surface area contributed by atoms with Crippen LogP contribution in [-0.4, -0.2) is 14.7 Å². The van der Waals surface area contributed by atoms with Gasteiger partial charge < -0.3 is 19.5 Å². The van der Waals surface area contributed by atoms with Crippen molar-refractivity contribution >= 4 is 23.0 Å². The van der Waals surface area contributed by atoms with Crippen LogP contribution < -0.4 is 15.0 Å². The minimum absolute atomic E-state index is 0.0227. The van der Waals surface area contributed by atoms with Gasteiger partial charge in [0.15, 0.2) is 5.11 Å². The average Bonchev–Trinajstić information content (AvgIpc) is 3.45. The molecule has 1 aliphatic heterocycles. The molecule has 1 aliphatic rings. The van der Waals surface area contributed by atoms with Gasteiger partial charge in [-0.2, -0.15) is 0 Å². The van der Waals surface area contributed by atoms with Gasteiger partial charge in [0, 0.05) is 30.3 Å². The van der Waals surface area contributed by atoms with Crippen molar-refractivity contribution in [1.82, 2.24) is 14.9 Å². The Labute approximate surface area is 199 Å². The molecule has 2 aromatic heterocycles. The second-order valence-corrected chi connectivity index (χ2v) is 8.46. The fourth-order valence-corrected chi connectivity index (χ4v) is 4.74. The van der Waals surface area contributed by atoms with Crippen molar-refractivity contribution in [2.45, 2.75) is 32.5 Å². The van der Waals surface area contributed by atoms with E-state index in [-0.39, 0.29) is 12.1 Å². The molecule has 0 spiro atoms. The van der Waals surface area contributed by atoms with Gasteiger partial charge in [0.05, 0.1) is 11.7 Å². The highest BCUT2D eigenvalue weighted by Crippen LogP contribution is 2.42. The molecular weight excluding hydrogens is 428 g/mol. The van der Waals surface area contributed by atoms with E-state index in [1.165, 1.54) is 5.69 Å². The molecule has 5 rings (SSSR count). The second-order valence-electron chi connectivity index (χ2n) is 8.08. The summed E-state index contributed by atoms with van der Waals surface area (Å²) in [4.78, 5) is 6.82. The van der Waals surface area contributed by atoms with Crippen molar-refractivity contribution in [3.63, 3.8) is 0 Å². The lowest BCUT2D eigenvalue weighted by atomic mass is 10.0. The van der Waals surface area contributed by atoms with Crippen LogP contribution in [0.25, 0.3) is 0 Å². The smallest absolute Gasteiger partial charge is 0.174 e. The average molecular weight is 455 g/mol. The van der Waals surface area contributed by atoms with Gasteiger partial charge in [0.2, 0.25) is 0 Å². The lowest BCUT2D eigenvalue weighted by molar-refractivity contribution is 0.479. The Bertz CT molecular complexity index is 1250. The largest absolute Gasteiger partial charge is 0.457 e. The molecule has 0 bridgehead atoms. The SMILES string of the molecule is CCn1cccc1[C@H]1[C@@H](c2ccccn2)NC(=S)N1c1ccc(Oc2ccccc2C)cc1. The van der Waals surface area contributed by atoms with Crippen LogP contribution in [0.3, 0.4) is 0 Å². The van der Waals surface area contributed by atoms with Gasteiger partial charge in [0.25, 0.3) is 0 Å². The first-order chi connectivity index (χ1) is 16.2. The summed E-state index contributed by atoms with van der Waals surface area (Å²) in [7, 11) is 0. The summed E-state index contributed by atoms with van der Waals surface area (Å²) in [6.45, 7) is 5.09. The molecular formula is C27H26N4OS. The zero-order valence-electron chi connectivity index (χ0n) is 18.7. The number of thiocarbonyl (C=S) groups is 1. The molecule has 5 nitrogen and oxygen atoms in total. The highest BCUT2D eigenvalue weighted by molar-refractivity contribution is 7.80. The van der Waals surface area contributed by atoms with E-state index in [0.29, 0.717) is 5.11 Å². The number of ether oxygens (including phenoxy) is 1.